The maximum atomic E-state index is 15.2. The number of allylic oxidation sites excluding steroid dienone is 2. The fourth-order valence-corrected chi connectivity index (χ4v) is 8.83. The van der Waals surface area contributed by atoms with Gasteiger partial charge in [-0.1, -0.05) is 29.3 Å². The lowest BCUT2D eigenvalue weighted by Crippen LogP contribution is -2.60. The van der Waals surface area contributed by atoms with Crippen LogP contribution in [0.5, 0.6) is 11.5 Å². The third kappa shape index (κ3) is 4.42. The first kappa shape index (κ1) is 34.3. The van der Waals surface area contributed by atoms with Gasteiger partial charge in [0.1, 0.15) is 5.69 Å². The summed E-state index contributed by atoms with van der Waals surface area (Å²) in [5.41, 5.74) is -1.32. The second-order valence-corrected chi connectivity index (χ2v) is 14.0. The number of carbonyl (C=O) groups excluding carboxylic acids is 4. The molecule has 1 saturated carbocycles. The number of benzene rings is 3. The molecule has 6 unspecified atom stereocenters. The normalized spacial score (nSPS) is 28.9. The Kier molecular flexibility index (Phi) is 8.00. The van der Waals surface area contributed by atoms with E-state index in [0.29, 0.717) is 5.02 Å². The Labute approximate surface area is 294 Å². The van der Waals surface area contributed by atoms with Crippen LogP contribution in [0.4, 0.5) is 33.3 Å². The minimum atomic E-state index is -2.71. The van der Waals surface area contributed by atoms with E-state index in [-0.39, 0.29) is 46.3 Å². The number of fused-ring (bicyclic) bond motifs is 4. The van der Waals surface area contributed by atoms with Gasteiger partial charge in [-0.2, -0.15) is 0 Å². The van der Waals surface area contributed by atoms with Crippen molar-refractivity contribution in [1.82, 2.24) is 0 Å². The number of ether oxygens (including phenoxy) is 1. The Balaban J connectivity index is 1.44. The number of carbonyl (C=O) groups is 4. The average Bonchev–Trinajstić information content (AvgIpc) is 3.42. The van der Waals surface area contributed by atoms with Crippen LogP contribution in [0, 0.1) is 46.8 Å². The third-order valence-electron chi connectivity index (χ3n) is 9.92. The maximum Gasteiger partial charge on any atom is 0.258 e. The summed E-state index contributed by atoms with van der Waals surface area (Å²) < 4.78 is 78.8. The molecule has 7 rings (SSSR count). The monoisotopic (exact) mass is 754 g/mol. The lowest BCUT2D eigenvalue weighted by Gasteiger charge is -2.50. The van der Waals surface area contributed by atoms with Crippen LogP contribution in [0.1, 0.15) is 31.2 Å². The average molecular weight is 756 g/mol. The number of phenols is 1. The second kappa shape index (κ2) is 11.7. The Bertz CT molecular complexity index is 2050. The van der Waals surface area contributed by atoms with Gasteiger partial charge in [-0.3, -0.25) is 24.1 Å². The smallest absolute Gasteiger partial charge is 0.258 e. The molecule has 2 heterocycles. The Hall–Kier alpha value is -4.20. The molecular weight excluding hydrogens is 734 g/mol. The highest BCUT2D eigenvalue weighted by Gasteiger charge is 2.77. The summed E-state index contributed by atoms with van der Waals surface area (Å²) in [4.78, 5) is 51.9. The highest BCUT2D eigenvalue weighted by atomic mass is 35.5. The number of anilines is 2. The predicted octanol–water partition coefficient (Wildman–Crippen LogP) is 6.91. The molecule has 3 fully saturated rings. The molecular formula is C34H22Cl3F5N2O6. The number of amides is 4. The van der Waals surface area contributed by atoms with Crippen LogP contribution in [0.2, 0.25) is 5.02 Å². The van der Waals surface area contributed by atoms with E-state index in [9.17, 15) is 37.5 Å². The van der Waals surface area contributed by atoms with Gasteiger partial charge >= 0.3 is 0 Å². The lowest BCUT2D eigenvalue weighted by atomic mass is 9.56. The number of aromatic hydroxyl groups is 1. The summed E-state index contributed by atoms with van der Waals surface area (Å²) >= 11 is 20.3. The fourth-order valence-electron chi connectivity index (χ4n) is 7.77. The van der Waals surface area contributed by atoms with E-state index in [0.717, 1.165) is 4.90 Å². The molecule has 0 spiro atoms. The number of imide groups is 2. The Morgan fingerprint density at radius 3 is 2.08 bits per heavy atom. The Morgan fingerprint density at radius 2 is 1.46 bits per heavy atom. The van der Waals surface area contributed by atoms with E-state index in [1.54, 1.807) is 13.0 Å². The number of nitrogens with zero attached hydrogens (tertiary/aromatic N) is 2. The van der Waals surface area contributed by atoms with E-state index >= 15 is 8.78 Å². The number of hydrogen-bond donors (Lipinski definition) is 1. The van der Waals surface area contributed by atoms with Crippen molar-refractivity contribution in [2.75, 3.05) is 16.4 Å². The summed E-state index contributed by atoms with van der Waals surface area (Å²) in [6.45, 7) is 1.69. The number of rotatable bonds is 5. The first-order valence-electron chi connectivity index (χ1n) is 15.2. The van der Waals surface area contributed by atoms with E-state index in [1.807, 2.05) is 0 Å². The molecule has 50 heavy (non-hydrogen) atoms. The quantitative estimate of drug-likeness (QED) is 0.0759. The zero-order chi connectivity index (χ0) is 36.2. The van der Waals surface area contributed by atoms with Crippen LogP contribution in [0.25, 0.3) is 0 Å². The van der Waals surface area contributed by atoms with Gasteiger partial charge in [0.15, 0.2) is 44.5 Å². The number of phenolic OH excluding ortho intramolecular Hbond substituents is 1. The molecule has 0 radical (unpaired) electrons. The van der Waals surface area contributed by atoms with Gasteiger partial charge in [0, 0.05) is 10.9 Å². The van der Waals surface area contributed by atoms with Crippen LogP contribution >= 0.6 is 34.8 Å². The van der Waals surface area contributed by atoms with Gasteiger partial charge in [-0.05, 0) is 67.6 Å². The van der Waals surface area contributed by atoms with Crippen molar-refractivity contribution < 1.29 is 51.0 Å². The van der Waals surface area contributed by atoms with Gasteiger partial charge < -0.3 is 9.84 Å². The summed E-state index contributed by atoms with van der Waals surface area (Å²) in [7, 11) is 0. The van der Waals surface area contributed by atoms with Crippen LogP contribution < -0.4 is 14.5 Å². The van der Waals surface area contributed by atoms with Gasteiger partial charge in [0.2, 0.25) is 17.6 Å². The Morgan fingerprint density at radius 1 is 0.840 bits per heavy atom. The van der Waals surface area contributed by atoms with Crippen molar-refractivity contribution >= 4 is 69.8 Å². The minimum absolute atomic E-state index is 0.0379. The summed E-state index contributed by atoms with van der Waals surface area (Å²) in [6, 6.07) is 9.70. The van der Waals surface area contributed by atoms with Crippen LogP contribution in [0.3, 0.4) is 0 Å². The minimum Gasteiger partial charge on any atom is -0.504 e. The SMILES string of the molecule is CCOc1cc(C2C3=CCC4C(=O)N(c5ccc(Cl)cc5)C(=O)C4C3CC3(Cl)C(=O)N(c4c(F)c(F)c(F)c(F)c4F)C(=O)C23Cl)ccc1O. The van der Waals surface area contributed by atoms with E-state index < -0.39 is 98.2 Å². The van der Waals surface area contributed by atoms with Gasteiger partial charge in [-0.15, -0.1) is 23.2 Å². The first-order chi connectivity index (χ1) is 23.6. The molecule has 2 aliphatic carbocycles. The number of halogens is 8. The topological polar surface area (TPSA) is 104 Å². The first-order valence-corrected chi connectivity index (χ1v) is 16.3. The molecule has 3 aromatic carbocycles. The van der Waals surface area contributed by atoms with Gasteiger partial charge in [0.25, 0.3) is 11.8 Å². The third-order valence-corrected chi connectivity index (χ3v) is 11.6. The van der Waals surface area contributed by atoms with Crippen LogP contribution in [-0.4, -0.2) is 45.1 Å². The molecule has 0 aromatic heterocycles. The molecule has 8 nitrogen and oxygen atoms in total. The highest BCUT2D eigenvalue weighted by Crippen LogP contribution is 2.66. The van der Waals surface area contributed by atoms with Crippen molar-refractivity contribution in [1.29, 1.82) is 0 Å². The van der Waals surface area contributed by atoms with Crippen LogP contribution in [-0.2, 0) is 19.2 Å². The summed E-state index contributed by atoms with van der Waals surface area (Å²) in [5.74, 6) is -21.9. The highest BCUT2D eigenvalue weighted by molar-refractivity contribution is 6.58. The molecule has 0 bridgehead atoms. The number of alkyl halides is 2. The zero-order valence-electron chi connectivity index (χ0n) is 25.5. The van der Waals surface area contributed by atoms with Crippen molar-refractivity contribution in [3.63, 3.8) is 0 Å². The molecule has 1 N–H and O–H groups in total. The zero-order valence-corrected chi connectivity index (χ0v) is 27.7. The summed E-state index contributed by atoms with van der Waals surface area (Å²) in [5, 5.41) is 10.8. The van der Waals surface area contributed by atoms with E-state index in [2.05, 4.69) is 0 Å². The molecule has 2 saturated heterocycles. The van der Waals surface area contributed by atoms with E-state index in [1.165, 1.54) is 42.5 Å². The van der Waals surface area contributed by atoms with Crippen molar-refractivity contribution in [2.45, 2.75) is 35.4 Å². The molecule has 3 aromatic rings. The molecule has 6 atom stereocenters. The number of hydrogen-bond acceptors (Lipinski definition) is 6. The predicted molar refractivity (Wildman–Crippen MR) is 170 cm³/mol. The lowest BCUT2D eigenvalue weighted by molar-refractivity contribution is -0.125. The van der Waals surface area contributed by atoms with Crippen molar-refractivity contribution in [2.24, 2.45) is 17.8 Å². The molecule has 2 aliphatic heterocycles. The largest absolute Gasteiger partial charge is 0.504 e. The standard InChI is InChI=1S/C34H22Cl3F5N2O6/c1-2-50-20-11-13(3-10-19(20)45)22-16-8-9-17-21(30(47)43(29(17)46)15-6-4-14(35)5-7-15)18(16)12-33(36)31(48)44(32(49)34(22,33)37)28-26(41)24(39)23(38)25(40)27(28)42/h3-8,10-11,17-18,21-22,45H,2,9,12H2,1H3. The maximum absolute atomic E-state index is 15.2. The molecule has 260 valence electrons. The molecule has 4 amide bonds. The van der Waals surface area contributed by atoms with Crippen molar-refractivity contribution in [3.8, 4) is 11.5 Å². The van der Waals surface area contributed by atoms with Gasteiger partial charge in [-0.25, -0.2) is 26.9 Å². The fraction of sp³-hybridized carbons (Fsp3) is 0.294. The summed E-state index contributed by atoms with van der Waals surface area (Å²) in [6.07, 6.45) is 0.880. The van der Waals surface area contributed by atoms with E-state index in [4.69, 9.17) is 39.5 Å². The van der Waals surface area contributed by atoms with Gasteiger partial charge in [0.05, 0.1) is 24.1 Å². The molecule has 16 heteroatoms. The van der Waals surface area contributed by atoms with Crippen LogP contribution in [0.15, 0.2) is 54.1 Å². The molecule has 4 aliphatic rings. The second-order valence-electron chi connectivity index (χ2n) is 12.3. The van der Waals surface area contributed by atoms with Crippen molar-refractivity contribution in [3.05, 3.63) is 93.8 Å².